The van der Waals surface area contributed by atoms with Gasteiger partial charge in [0.15, 0.2) is 4.34 Å². The monoisotopic (exact) mass is 375 g/mol. The molecule has 0 saturated heterocycles. The van der Waals surface area contributed by atoms with Crippen molar-refractivity contribution in [3.05, 3.63) is 70.2 Å². The first-order valence-electron chi connectivity index (χ1n) is 7.18. The summed E-state index contributed by atoms with van der Waals surface area (Å²) in [6.45, 7) is 1.92. The number of anilines is 1. The fourth-order valence-electron chi connectivity index (χ4n) is 2.09. The number of nitrogens with one attached hydrogen (secondary N) is 1. The smallest absolute Gasteiger partial charge is 0.242 e. The van der Waals surface area contributed by atoms with Gasteiger partial charge in [0.05, 0.1) is 0 Å². The quantitative estimate of drug-likeness (QED) is 0.639. The molecule has 24 heavy (non-hydrogen) atoms. The second-order valence-corrected chi connectivity index (χ2v) is 7.66. The van der Waals surface area contributed by atoms with E-state index in [0.29, 0.717) is 10.7 Å². The summed E-state index contributed by atoms with van der Waals surface area (Å²) in [6.07, 6.45) is 0. The minimum atomic E-state index is -0.417. The summed E-state index contributed by atoms with van der Waals surface area (Å²) in [5, 5.41) is 11.0. The number of hydrogen-bond acceptors (Lipinski definition) is 5. The van der Waals surface area contributed by atoms with Crippen LogP contribution in [0.2, 0.25) is 5.02 Å². The highest BCUT2D eigenvalue weighted by Gasteiger charge is 2.23. The molecule has 122 valence electrons. The maximum Gasteiger partial charge on any atom is 0.242 e. The van der Waals surface area contributed by atoms with E-state index in [1.54, 1.807) is 11.6 Å². The fourth-order valence-corrected chi connectivity index (χ4v) is 3.95. The molecule has 1 N–H and O–H groups in total. The first-order chi connectivity index (χ1) is 11.6. The summed E-state index contributed by atoms with van der Waals surface area (Å²) in [4.78, 5) is 12.8. The van der Waals surface area contributed by atoms with Crippen molar-refractivity contribution in [1.82, 2.24) is 10.2 Å². The summed E-state index contributed by atoms with van der Waals surface area (Å²) in [5.74, 6) is -0.124. The van der Waals surface area contributed by atoms with E-state index in [9.17, 15) is 4.79 Å². The van der Waals surface area contributed by atoms with Crippen LogP contribution < -0.4 is 5.32 Å². The molecule has 3 aromatic rings. The first-order valence-corrected chi connectivity index (χ1v) is 9.32. The van der Waals surface area contributed by atoms with Gasteiger partial charge in [0.25, 0.3) is 0 Å². The zero-order valence-electron chi connectivity index (χ0n) is 12.8. The molecule has 1 unspecified atom stereocenters. The minimum absolute atomic E-state index is 0.124. The van der Waals surface area contributed by atoms with Gasteiger partial charge in [-0.3, -0.25) is 4.79 Å². The number of benzene rings is 2. The Morgan fingerprint density at radius 3 is 2.71 bits per heavy atom. The summed E-state index contributed by atoms with van der Waals surface area (Å²) in [5.41, 5.74) is 4.21. The SMILES string of the molecule is Cc1ccc(NC(=O)C(Sc2nncs2)c2ccccc2)cc1Cl. The zero-order chi connectivity index (χ0) is 16.9. The van der Waals surface area contributed by atoms with Crippen LogP contribution in [-0.4, -0.2) is 16.1 Å². The van der Waals surface area contributed by atoms with Gasteiger partial charge in [-0.15, -0.1) is 10.2 Å². The number of amides is 1. The van der Waals surface area contributed by atoms with E-state index in [0.717, 1.165) is 15.5 Å². The van der Waals surface area contributed by atoms with Crippen molar-refractivity contribution in [2.24, 2.45) is 0 Å². The zero-order valence-corrected chi connectivity index (χ0v) is 15.2. The van der Waals surface area contributed by atoms with E-state index < -0.39 is 5.25 Å². The lowest BCUT2D eigenvalue weighted by atomic mass is 10.1. The molecule has 2 aromatic carbocycles. The van der Waals surface area contributed by atoms with Crippen LogP contribution >= 0.6 is 34.7 Å². The van der Waals surface area contributed by atoms with E-state index >= 15 is 0 Å². The third-order valence-electron chi connectivity index (χ3n) is 3.34. The second kappa shape index (κ2) is 7.79. The Labute approximate surface area is 153 Å². The molecule has 0 bridgehead atoms. The van der Waals surface area contributed by atoms with Crippen molar-refractivity contribution in [3.63, 3.8) is 0 Å². The van der Waals surface area contributed by atoms with Gasteiger partial charge in [-0.2, -0.15) is 0 Å². The summed E-state index contributed by atoms with van der Waals surface area (Å²) in [6, 6.07) is 15.1. The molecule has 1 amide bonds. The van der Waals surface area contributed by atoms with E-state index in [4.69, 9.17) is 11.6 Å². The Kier molecular flexibility index (Phi) is 5.50. The summed E-state index contributed by atoms with van der Waals surface area (Å²) < 4.78 is 0.751. The number of aromatic nitrogens is 2. The predicted molar refractivity (Wildman–Crippen MR) is 99.8 cm³/mol. The highest BCUT2D eigenvalue weighted by Crippen LogP contribution is 2.36. The topological polar surface area (TPSA) is 54.9 Å². The van der Waals surface area contributed by atoms with Gasteiger partial charge < -0.3 is 5.32 Å². The fraction of sp³-hybridized carbons (Fsp3) is 0.118. The van der Waals surface area contributed by atoms with E-state index in [1.807, 2.05) is 49.4 Å². The second-order valence-electron chi connectivity index (χ2n) is 5.07. The van der Waals surface area contributed by atoms with Crippen LogP contribution in [0, 0.1) is 6.92 Å². The molecular formula is C17H14ClN3OS2. The number of carbonyl (C=O) groups is 1. The van der Waals surface area contributed by atoms with Crippen molar-refractivity contribution in [1.29, 1.82) is 0 Å². The Bertz CT molecular complexity index is 825. The largest absolute Gasteiger partial charge is 0.325 e. The highest BCUT2D eigenvalue weighted by molar-refractivity contribution is 8.01. The Balaban J connectivity index is 1.84. The van der Waals surface area contributed by atoms with Gasteiger partial charge in [0, 0.05) is 10.7 Å². The van der Waals surface area contributed by atoms with Gasteiger partial charge in [0.1, 0.15) is 10.8 Å². The van der Waals surface area contributed by atoms with E-state index in [1.165, 1.54) is 23.1 Å². The molecule has 3 rings (SSSR count). The van der Waals surface area contributed by atoms with Crippen LogP contribution in [0.3, 0.4) is 0 Å². The van der Waals surface area contributed by atoms with Gasteiger partial charge in [-0.05, 0) is 30.2 Å². The lowest BCUT2D eigenvalue weighted by Gasteiger charge is -2.16. The third kappa shape index (κ3) is 4.14. The average Bonchev–Trinajstić information content (AvgIpc) is 3.10. The van der Waals surface area contributed by atoms with E-state index in [2.05, 4.69) is 15.5 Å². The Morgan fingerprint density at radius 2 is 2.04 bits per heavy atom. The maximum absolute atomic E-state index is 12.8. The van der Waals surface area contributed by atoms with Crippen LogP contribution in [-0.2, 0) is 4.79 Å². The molecule has 1 atom stereocenters. The molecule has 0 spiro atoms. The number of aryl methyl sites for hydroxylation is 1. The minimum Gasteiger partial charge on any atom is -0.325 e. The molecular weight excluding hydrogens is 362 g/mol. The number of halogens is 1. The van der Waals surface area contributed by atoms with Gasteiger partial charge >= 0.3 is 0 Å². The van der Waals surface area contributed by atoms with Crippen molar-refractivity contribution < 1.29 is 4.79 Å². The normalized spacial score (nSPS) is 11.9. The third-order valence-corrected chi connectivity index (χ3v) is 5.81. The lowest BCUT2D eigenvalue weighted by molar-refractivity contribution is -0.115. The van der Waals surface area contributed by atoms with Crippen molar-refractivity contribution in [2.45, 2.75) is 16.5 Å². The van der Waals surface area contributed by atoms with Gasteiger partial charge in [-0.25, -0.2) is 0 Å². The highest BCUT2D eigenvalue weighted by atomic mass is 35.5. The van der Waals surface area contributed by atoms with Crippen LogP contribution in [0.25, 0.3) is 0 Å². The number of thioether (sulfide) groups is 1. The number of rotatable bonds is 5. The van der Waals surface area contributed by atoms with Crippen LogP contribution in [0.5, 0.6) is 0 Å². The molecule has 1 aromatic heterocycles. The van der Waals surface area contributed by atoms with Crippen molar-refractivity contribution in [3.8, 4) is 0 Å². The number of carbonyl (C=O) groups excluding carboxylic acids is 1. The summed E-state index contributed by atoms with van der Waals surface area (Å²) in [7, 11) is 0. The molecule has 0 aliphatic heterocycles. The molecule has 0 radical (unpaired) electrons. The number of nitrogens with zero attached hydrogens (tertiary/aromatic N) is 2. The molecule has 0 saturated carbocycles. The van der Waals surface area contributed by atoms with Crippen LogP contribution in [0.4, 0.5) is 5.69 Å². The van der Waals surface area contributed by atoms with E-state index in [-0.39, 0.29) is 5.91 Å². The molecule has 0 aliphatic rings. The summed E-state index contributed by atoms with van der Waals surface area (Å²) >= 11 is 8.93. The Hall–Kier alpha value is -1.89. The molecule has 1 heterocycles. The molecule has 0 fully saturated rings. The van der Waals surface area contributed by atoms with Crippen molar-refractivity contribution >= 4 is 46.3 Å². The standard InChI is InChI=1S/C17H14ClN3OS2/c1-11-7-8-13(9-14(11)18)20-16(22)15(12-5-3-2-4-6-12)24-17-21-19-10-23-17/h2-10,15H,1H3,(H,20,22). The first kappa shape index (κ1) is 17.0. The predicted octanol–water partition coefficient (Wildman–Crippen LogP) is 4.97. The lowest BCUT2D eigenvalue weighted by Crippen LogP contribution is -2.19. The molecule has 0 aliphatic carbocycles. The Morgan fingerprint density at radius 1 is 1.25 bits per heavy atom. The molecule has 4 nitrogen and oxygen atoms in total. The maximum atomic E-state index is 12.8. The van der Waals surface area contributed by atoms with Crippen LogP contribution in [0.1, 0.15) is 16.4 Å². The van der Waals surface area contributed by atoms with Gasteiger partial charge in [-0.1, -0.05) is 71.1 Å². The van der Waals surface area contributed by atoms with Crippen LogP contribution in [0.15, 0.2) is 58.4 Å². The van der Waals surface area contributed by atoms with Crippen molar-refractivity contribution in [2.75, 3.05) is 5.32 Å². The number of hydrogen-bond donors (Lipinski definition) is 1. The molecule has 7 heteroatoms. The van der Waals surface area contributed by atoms with Gasteiger partial charge in [0.2, 0.25) is 5.91 Å². The average molecular weight is 376 g/mol.